The van der Waals surface area contributed by atoms with Crippen molar-refractivity contribution in [2.24, 2.45) is 5.92 Å². The van der Waals surface area contributed by atoms with Gasteiger partial charge in [-0.3, -0.25) is 10.2 Å². The van der Waals surface area contributed by atoms with E-state index in [0.717, 1.165) is 11.1 Å². The van der Waals surface area contributed by atoms with Gasteiger partial charge in [-0.15, -0.1) is 0 Å². The van der Waals surface area contributed by atoms with Gasteiger partial charge in [-0.2, -0.15) is 0 Å². The Hall–Kier alpha value is -1.87. The lowest BCUT2D eigenvalue weighted by Crippen LogP contribution is -2.58. The van der Waals surface area contributed by atoms with Crippen molar-refractivity contribution >= 4 is 46.7 Å². The van der Waals surface area contributed by atoms with Gasteiger partial charge in [-0.25, -0.2) is 0 Å². The zero-order valence-electron chi connectivity index (χ0n) is 19.4. The maximum Gasteiger partial charge on any atom is 0.302 e. The number of carbonyl (C=O) groups excluding carboxylic acids is 1. The molecule has 1 aliphatic rings. The Kier molecular flexibility index (Phi) is 10.2. The summed E-state index contributed by atoms with van der Waals surface area (Å²) in [4.78, 5) is 11.6. The third-order valence-electron chi connectivity index (χ3n) is 5.46. The molecule has 1 N–H and O–H groups in total. The molecule has 2 aromatic rings. The molecule has 0 saturated carbocycles. The molecule has 1 aliphatic heterocycles. The molecular formula is C25H28Cl3NO6. The highest BCUT2D eigenvalue weighted by Gasteiger charge is 2.48. The van der Waals surface area contributed by atoms with E-state index in [-0.39, 0.29) is 6.61 Å². The van der Waals surface area contributed by atoms with Crippen molar-refractivity contribution in [2.45, 2.75) is 55.5 Å². The van der Waals surface area contributed by atoms with E-state index in [0.29, 0.717) is 13.2 Å². The van der Waals surface area contributed by atoms with Crippen molar-refractivity contribution in [3.63, 3.8) is 0 Å². The number of esters is 1. The Labute approximate surface area is 220 Å². The number of nitrogens with one attached hydrogen (secondary N) is 1. The Balaban J connectivity index is 1.85. The second-order valence-corrected chi connectivity index (χ2v) is 10.5. The van der Waals surface area contributed by atoms with Gasteiger partial charge < -0.3 is 23.7 Å². The van der Waals surface area contributed by atoms with Crippen molar-refractivity contribution in [3.05, 3.63) is 71.8 Å². The number of alkyl halides is 3. The van der Waals surface area contributed by atoms with Crippen molar-refractivity contribution in [1.82, 2.24) is 0 Å². The number of carbonyl (C=O) groups is 1. The Morgan fingerprint density at radius 3 is 1.94 bits per heavy atom. The van der Waals surface area contributed by atoms with Gasteiger partial charge in [0.1, 0.15) is 18.8 Å². The van der Waals surface area contributed by atoms with Crippen LogP contribution in [0.15, 0.2) is 60.7 Å². The smallest absolute Gasteiger partial charge is 0.302 e. The van der Waals surface area contributed by atoms with Gasteiger partial charge in [0.2, 0.25) is 12.2 Å². The monoisotopic (exact) mass is 543 g/mol. The summed E-state index contributed by atoms with van der Waals surface area (Å²) in [6, 6.07) is 19.3. The van der Waals surface area contributed by atoms with E-state index in [2.05, 4.69) is 0 Å². The summed E-state index contributed by atoms with van der Waals surface area (Å²) in [6.07, 6.45) is -2.93. The SMILES string of the molecule is CC(=O)OC[C@H]1OC(OC(=N)C(Cl)(Cl)Cl)[C@H](C)[C@@H](OCc2ccccc2)[C@@H]1OCc1ccccc1. The molecule has 190 valence electrons. The minimum absolute atomic E-state index is 0.104. The van der Waals surface area contributed by atoms with Crippen LogP contribution in [0.5, 0.6) is 0 Å². The fourth-order valence-corrected chi connectivity index (χ4v) is 3.81. The molecule has 1 fully saturated rings. The average Bonchev–Trinajstić information content (AvgIpc) is 2.83. The first-order chi connectivity index (χ1) is 16.6. The molecule has 35 heavy (non-hydrogen) atoms. The van der Waals surface area contributed by atoms with Crippen molar-refractivity contribution in [2.75, 3.05) is 6.61 Å². The largest absolute Gasteiger partial charge is 0.463 e. The first-order valence-corrected chi connectivity index (χ1v) is 12.2. The first-order valence-electron chi connectivity index (χ1n) is 11.1. The van der Waals surface area contributed by atoms with Crippen LogP contribution < -0.4 is 0 Å². The summed E-state index contributed by atoms with van der Waals surface area (Å²) >= 11 is 17.4. The minimum atomic E-state index is -2.06. The summed E-state index contributed by atoms with van der Waals surface area (Å²) < 4.78 is 27.4. The number of ether oxygens (including phenoxy) is 5. The molecule has 0 spiro atoms. The Morgan fingerprint density at radius 1 is 0.943 bits per heavy atom. The quantitative estimate of drug-likeness (QED) is 0.196. The second kappa shape index (κ2) is 12.9. The van der Waals surface area contributed by atoms with E-state index < -0.39 is 46.2 Å². The lowest BCUT2D eigenvalue weighted by atomic mass is 9.91. The maximum absolute atomic E-state index is 11.6. The van der Waals surface area contributed by atoms with E-state index in [1.165, 1.54) is 6.92 Å². The summed E-state index contributed by atoms with van der Waals surface area (Å²) in [6.45, 7) is 3.64. The van der Waals surface area contributed by atoms with Gasteiger partial charge in [-0.1, -0.05) is 102 Å². The van der Waals surface area contributed by atoms with E-state index in [1.807, 2.05) is 67.6 Å². The van der Waals surface area contributed by atoms with Crippen molar-refractivity contribution in [1.29, 1.82) is 5.41 Å². The second-order valence-electron chi connectivity index (χ2n) is 8.17. The van der Waals surface area contributed by atoms with Gasteiger partial charge in [0, 0.05) is 12.8 Å². The van der Waals surface area contributed by atoms with Crippen LogP contribution in [-0.2, 0) is 41.7 Å². The molecule has 0 aromatic heterocycles. The van der Waals surface area contributed by atoms with Crippen LogP contribution in [-0.4, -0.2) is 46.9 Å². The summed E-state index contributed by atoms with van der Waals surface area (Å²) in [7, 11) is 0. The molecule has 0 amide bonds. The standard InChI is InChI=1S/C25H28Cl3NO6/c1-16-21(32-13-18-9-5-3-6-10-18)22(33-14-19-11-7-4-8-12-19)20(15-31-17(2)30)34-23(16)35-24(29)25(26,27)28/h3-12,16,20-23,29H,13-15H2,1-2H3/t16-,20-,21-,22-,23?/m1/s1. The highest BCUT2D eigenvalue weighted by atomic mass is 35.6. The van der Waals surface area contributed by atoms with Gasteiger partial charge in [0.25, 0.3) is 3.79 Å². The third-order valence-corrected chi connectivity index (χ3v) is 5.97. The van der Waals surface area contributed by atoms with E-state index in [9.17, 15) is 4.79 Å². The predicted molar refractivity (Wildman–Crippen MR) is 134 cm³/mol. The normalized spacial score (nSPS) is 24.5. The van der Waals surface area contributed by atoms with Gasteiger partial charge in [-0.05, 0) is 11.1 Å². The molecule has 5 atom stereocenters. The lowest BCUT2D eigenvalue weighted by molar-refractivity contribution is -0.283. The van der Waals surface area contributed by atoms with Gasteiger partial charge in [0.05, 0.1) is 19.3 Å². The molecule has 1 heterocycles. The summed E-state index contributed by atoms with van der Waals surface area (Å²) in [5.41, 5.74) is 1.93. The molecule has 0 radical (unpaired) electrons. The molecule has 1 saturated heterocycles. The van der Waals surface area contributed by atoms with Gasteiger partial charge in [0.15, 0.2) is 0 Å². The van der Waals surface area contributed by atoms with E-state index in [4.69, 9.17) is 63.9 Å². The number of hydrogen-bond donors (Lipinski definition) is 1. The van der Waals surface area contributed by atoms with Crippen LogP contribution >= 0.6 is 34.8 Å². The van der Waals surface area contributed by atoms with Crippen LogP contribution in [0.4, 0.5) is 0 Å². The topological polar surface area (TPSA) is 87.1 Å². The van der Waals surface area contributed by atoms with Crippen molar-refractivity contribution in [3.8, 4) is 0 Å². The first kappa shape index (κ1) is 27.7. The van der Waals surface area contributed by atoms with Crippen LogP contribution in [0.1, 0.15) is 25.0 Å². The molecule has 3 rings (SSSR count). The van der Waals surface area contributed by atoms with E-state index >= 15 is 0 Å². The molecular weight excluding hydrogens is 517 g/mol. The molecule has 10 heteroatoms. The van der Waals surface area contributed by atoms with E-state index in [1.54, 1.807) is 0 Å². The Bertz CT molecular complexity index is 957. The highest BCUT2D eigenvalue weighted by Crippen LogP contribution is 2.35. The van der Waals surface area contributed by atoms with Crippen molar-refractivity contribution < 1.29 is 28.5 Å². The fraction of sp³-hybridized carbons (Fsp3) is 0.440. The highest BCUT2D eigenvalue weighted by molar-refractivity contribution is 6.76. The summed E-state index contributed by atoms with van der Waals surface area (Å²) in [5.74, 6) is -1.49. The third kappa shape index (κ3) is 8.34. The van der Waals surface area contributed by atoms with Crippen LogP contribution in [0.2, 0.25) is 0 Å². The zero-order valence-corrected chi connectivity index (χ0v) is 21.6. The molecule has 1 unspecified atom stereocenters. The molecule has 2 aromatic carbocycles. The lowest BCUT2D eigenvalue weighted by Gasteiger charge is -2.45. The number of halogens is 3. The summed E-state index contributed by atoms with van der Waals surface area (Å²) in [5, 5.41) is 7.99. The van der Waals surface area contributed by atoms with Gasteiger partial charge >= 0.3 is 5.97 Å². The molecule has 7 nitrogen and oxygen atoms in total. The number of hydrogen-bond acceptors (Lipinski definition) is 7. The van der Waals surface area contributed by atoms with Crippen LogP contribution in [0.3, 0.4) is 0 Å². The average molecular weight is 545 g/mol. The fourth-order valence-electron chi connectivity index (χ4n) is 3.67. The molecule has 0 bridgehead atoms. The van der Waals surface area contributed by atoms with Crippen LogP contribution in [0.25, 0.3) is 0 Å². The minimum Gasteiger partial charge on any atom is -0.463 e. The maximum atomic E-state index is 11.6. The Morgan fingerprint density at radius 2 is 1.46 bits per heavy atom. The number of rotatable bonds is 9. The van der Waals surface area contributed by atoms with Crippen LogP contribution in [0, 0.1) is 11.3 Å². The molecule has 0 aliphatic carbocycles. The predicted octanol–water partition coefficient (Wildman–Crippen LogP) is 5.45. The number of benzene rings is 2. The zero-order chi connectivity index (χ0) is 25.4.